The lowest BCUT2D eigenvalue weighted by Gasteiger charge is -2.34. The molecule has 1 atom stereocenters. The van der Waals surface area contributed by atoms with E-state index in [2.05, 4.69) is 6.92 Å². The Labute approximate surface area is 165 Å². The van der Waals surface area contributed by atoms with E-state index in [9.17, 15) is 9.59 Å². The molecule has 1 unspecified atom stereocenters. The van der Waals surface area contributed by atoms with E-state index in [1.54, 1.807) is 23.1 Å². The summed E-state index contributed by atoms with van der Waals surface area (Å²) < 4.78 is 5.29. The lowest BCUT2D eigenvalue weighted by Crippen LogP contribution is -2.44. The fourth-order valence-corrected chi connectivity index (χ4v) is 4.16. The third-order valence-electron chi connectivity index (χ3n) is 5.89. The fourth-order valence-electron chi connectivity index (χ4n) is 3.98. The molecule has 0 radical (unpaired) electrons. The molecule has 0 bridgehead atoms. The maximum absolute atomic E-state index is 12.9. The van der Waals surface area contributed by atoms with Gasteiger partial charge < -0.3 is 20.3 Å². The number of rotatable bonds is 4. The highest BCUT2D eigenvalue weighted by atomic mass is 35.5. The standard InChI is InChI=1S/C20H28ClN3O3/c1-20(12-22)7-10-24(13-20)18(25)14-5-8-23(9-6-14)19(26)16-11-15(21)3-4-17(16)27-2/h3-4,11,14H,5-10,12-13,22H2,1-2H3. The van der Waals surface area contributed by atoms with E-state index >= 15 is 0 Å². The van der Waals surface area contributed by atoms with Crippen LogP contribution in [0.4, 0.5) is 0 Å². The Hall–Kier alpha value is -1.79. The van der Waals surface area contributed by atoms with Crippen molar-refractivity contribution in [3.8, 4) is 5.75 Å². The summed E-state index contributed by atoms with van der Waals surface area (Å²) in [6.45, 7) is 5.39. The SMILES string of the molecule is COc1ccc(Cl)cc1C(=O)N1CCC(C(=O)N2CCC(C)(CN)C2)CC1. The maximum Gasteiger partial charge on any atom is 0.257 e. The minimum absolute atomic E-state index is 0.0181. The predicted molar refractivity (Wildman–Crippen MR) is 105 cm³/mol. The number of methoxy groups -OCH3 is 1. The summed E-state index contributed by atoms with van der Waals surface area (Å²) >= 11 is 6.04. The van der Waals surface area contributed by atoms with Gasteiger partial charge in [-0.3, -0.25) is 9.59 Å². The molecule has 2 fully saturated rings. The summed E-state index contributed by atoms with van der Waals surface area (Å²) in [5.74, 6) is 0.605. The molecule has 148 valence electrons. The Morgan fingerprint density at radius 3 is 2.56 bits per heavy atom. The first kappa shape index (κ1) is 20.0. The van der Waals surface area contributed by atoms with Gasteiger partial charge in [-0.2, -0.15) is 0 Å². The first-order valence-corrected chi connectivity index (χ1v) is 9.86. The number of nitrogens with zero attached hydrogens (tertiary/aromatic N) is 2. The molecule has 0 spiro atoms. The van der Waals surface area contributed by atoms with Crippen LogP contribution in [0.25, 0.3) is 0 Å². The van der Waals surface area contributed by atoms with Crippen molar-refractivity contribution in [3.05, 3.63) is 28.8 Å². The number of likely N-dealkylation sites (tertiary alicyclic amines) is 2. The highest BCUT2D eigenvalue weighted by molar-refractivity contribution is 6.31. The molecule has 2 saturated heterocycles. The van der Waals surface area contributed by atoms with Crippen LogP contribution in [0.2, 0.25) is 5.02 Å². The first-order valence-electron chi connectivity index (χ1n) is 9.48. The Bertz CT molecular complexity index is 718. The van der Waals surface area contributed by atoms with Crippen molar-refractivity contribution in [2.45, 2.75) is 26.2 Å². The Morgan fingerprint density at radius 2 is 1.96 bits per heavy atom. The third kappa shape index (κ3) is 4.22. The summed E-state index contributed by atoms with van der Waals surface area (Å²) in [5.41, 5.74) is 6.35. The Morgan fingerprint density at radius 1 is 1.26 bits per heavy atom. The van der Waals surface area contributed by atoms with Crippen LogP contribution in [0.5, 0.6) is 5.75 Å². The number of benzene rings is 1. The summed E-state index contributed by atoms with van der Waals surface area (Å²) in [6.07, 6.45) is 2.33. The van der Waals surface area contributed by atoms with Gasteiger partial charge in [-0.15, -0.1) is 0 Å². The second-order valence-corrected chi connectivity index (χ2v) is 8.37. The largest absolute Gasteiger partial charge is 0.496 e. The van der Waals surface area contributed by atoms with Crippen LogP contribution in [0.3, 0.4) is 0 Å². The van der Waals surface area contributed by atoms with E-state index in [0.717, 1.165) is 19.5 Å². The molecule has 6 nitrogen and oxygen atoms in total. The van der Waals surface area contributed by atoms with Gasteiger partial charge >= 0.3 is 0 Å². The highest BCUT2D eigenvalue weighted by Crippen LogP contribution is 2.32. The monoisotopic (exact) mass is 393 g/mol. The topological polar surface area (TPSA) is 75.9 Å². The molecular formula is C20H28ClN3O3. The van der Waals surface area contributed by atoms with Crippen LogP contribution in [0.15, 0.2) is 18.2 Å². The van der Waals surface area contributed by atoms with Gasteiger partial charge in [0, 0.05) is 37.1 Å². The van der Waals surface area contributed by atoms with Crippen LogP contribution in [0.1, 0.15) is 36.5 Å². The van der Waals surface area contributed by atoms with Crippen molar-refractivity contribution < 1.29 is 14.3 Å². The van der Waals surface area contributed by atoms with Crippen LogP contribution >= 0.6 is 11.6 Å². The number of ether oxygens (including phenoxy) is 1. The lowest BCUT2D eigenvalue weighted by molar-refractivity contribution is -0.136. The molecule has 7 heteroatoms. The molecule has 2 heterocycles. The molecular weight excluding hydrogens is 366 g/mol. The first-order chi connectivity index (χ1) is 12.9. The zero-order chi connectivity index (χ0) is 19.6. The molecule has 2 N–H and O–H groups in total. The van der Waals surface area contributed by atoms with Gasteiger partial charge in [0.25, 0.3) is 5.91 Å². The summed E-state index contributed by atoms with van der Waals surface area (Å²) in [5, 5.41) is 0.501. The number of carbonyl (C=O) groups excluding carboxylic acids is 2. The van der Waals surface area contributed by atoms with Gasteiger partial charge in [-0.05, 0) is 49.4 Å². The number of amides is 2. The van der Waals surface area contributed by atoms with Crippen LogP contribution in [-0.4, -0.2) is 61.4 Å². The number of halogens is 1. The number of carbonyl (C=O) groups is 2. The quantitative estimate of drug-likeness (QED) is 0.852. The minimum Gasteiger partial charge on any atom is -0.496 e. The number of hydrogen-bond acceptors (Lipinski definition) is 4. The molecule has 2 aliphatic heterocycles. The number of piperidine rings is 1. The third-order valence-corrected chi connectivity index (χ3v) is 6.12. The van der Waals surface area contributed by atoms with Gasteiger partial charge in [0.1, 0.15) is 5.75 Å². The van der Waals surface area contributed by atoms with E-state index in [0.29, 0.717) is 48.8 Å². The average Bonchev–Trinajstić information content (AvgIpc) is 3.10. The Kier molecular flexibility index (Phi) is 5.96. The molecule has 0 aromatic heterocycles. The van der Waals surface area contributed by atoms with E-state index in [1.165, 1.54) is 7.11 Å². The van der Waals surface area contributed by atoms with Crippen LogP contribution < -0.4 is 10.5 Å². The van der Waals surface area contributed by atoms with Gasteiger partial charge in [0.15, 0.2) is 0 Å². The van der Waals surface area contributed by atoms with E-state index in [1.807, 2.05) is 4.90 Å². The van der Waals surface area contributed by atoms with Crippen molar-refractivity contribution in [1.82, 2.24) is 9.80 Å². The second kappa shape index (κ2) is 8.07. The normalized spacial score (nSPS) is 23.6. The average molecular weight is 394 g/mol. The Balaban J connectivity index is 1.60. The molecule has 0 aliphatic carbocycles. The molecule has 1 aromatic rings. The summed E-state index contributed by atoms with van der Waals surface area (Å²) in [4.78, 5) is 29.4. The maximum atomic E-state index is 12.9. The zero-order valence-corrected chi connectivity index (χ0v) is 16.8. The number of nitrogens with two attached hydrogens (primary N) is 1. The van der Waals surface area contributed by atoms with Crippen molar-refractivity contribution in [2.75, 3.05) is 39.8 Å². The van der Waals surface area contributed by atoms with Gasteiger partial charge in [-0.25, -0.2) is 0 Å². The van der Waals surface area contributed by atoms with E-state index < -0.39 is 0 Å². The van der Waals surface area contributed by atoms with Gasteiger partial charge in [0.2, 0.25) is 5.91 Å². The van der Waals surface area contributed by atoms with Gasteiger partial charge in [0.05, 0.1) is 12.7 Å². The predicted octanol–water partition coefficient (Wildman–Crippen LogP) is 2.40. The van der Waals surface area contributed by atoms with E-state index in [-0.39, 0.29) is 23.1 Å². The van der Waals surface area contributed by atoms with Crippen LogP contribution in [-0.2, 0) is 4.79 Å². The molecule has 2 amide bonds. The fraction of sp³-hybridized carbons (Fsp3) is 0.600. The molecule has 3 rings (SSSR count). The smallest absolute Gasteiger partial charge is 0.257 e. The lowest BCUT2D eigenvalue weighted by atomic mass is 9.90. The molecule has 0 saturated carbocycles. The van der Waals surface area contributed by atoms with Crippen molar-refractivity contribution >= 4 is 23.4 Å². The number of hydrogen-bond donors (Lipinski definition) is 1. The minimum atomic E-state index is -0.0999. The highest BCUT2D eigenvalue weighted by Gasteiger charge is 2.38. The van der Waals surface area contributed by atoms with Gasteiger partial charge in [-0.1, -0.05) is 18.5 Å². The van der Waals surface area contributed by atoms with Crippen molar-refractivity contribution in [2.24, 2.45) is 17.1 Å². The van der Waals surface area contributed by atoms with Crippen LogP contribution in [0, 0.1) is 11.3 Å². The molecule has 27 heavy (non-hydrogen) atoms. The molecule has 2 aliphatic rings. The summed E-state index contributed by atoms with van der Waals surface area (Å²) in [7, 11) is 1.54. The molecule has 1 aromatic carbocycles. The zero-order valence-electron chi connectivity index (χ0n) is 16.0. The summed E-state index contributed by atoms with van der Waals surface area (Å²) in [6, 6.07) is 5.04. The van der Waals surface area contributed by atoms with Crippen molar-refractivity contribution in [3.63, 3.8) is 0 Å². The van der Waals surface area contributed by atoms with Crippen molar-refractivity contribution in [1.29, 1.82) is 0 Å². The second-order valence-electron chi connectivity index (χ2n) is 7.94. The van der Waals surface area contributed by atoms with E-state index in [4.69, 9.17) is 22.1 Å².